The monoisotopic (exact) mass is 410 g/mol. The molecule has 0 amide bonds. The minimum absolute atomic E-state index is 0.823. The first-order valence-corrected chi connectivity index (χ1v) is 13.7. The van der Waals surface area contributed by atoms with Gasteiger partial charge in [-0.15, -0.1) is 0 Å². The highest BCUT2D eigenvalue weighted by Gasteiger charge is 1.98. The highest BCUT2D eigenvalue weighted by Crippen LogP contribution is 2.15. The van der Waals surface area contributed by atoms with Crippen LogP contribution in [0.4, 0.5) is 0 Å². The van der Waals surface area contributed by atoms with Crippen LogP contribution < -0.4 is 5.73 Å². The van der Waals surface area contributed by atoms with Gasteiger partial charge in [0.15, 0.2) is 0 Å². The lowest BCUT2D eigenvalue weighted by atomic mass is 10.0. The largest absolute Gasteiger partial charge is 0.330 e. The summed E-state index contributed by atoms with van der Waals surface area (Å²) >= 11 is 0. The van der Waals surface area contributed by atoms with E-state index in [9.17, 15) is 0 Å². The Balaban J connectivity index is 3.03. The van der Waals surface area contributed by atoms with Crippen LogP contribution in [0.2, 0.25) is 0 Å². The Morgan fingerprint density at radius 2 is 0.690 bits per heavy atom. The smallest absolute Gasteiger partial charge is 0.000977 e. The average Bonchev–Trinajstić information content (AvgIpc) is 2.73. The van der Waals surface area contributed by atoms with Crippen LogP contribution in [0.25, 0.3) is 0 Å². The van der Waals surface area contributed by atoms with Crippen molar-refractivity contribution >= 4 is 0 Å². The zero-order valence-corrected chi connectivity index (χ0v) is 20.7. The summed E-state index contributed by atoms with van der Waals surface area (Å²) in [6, 6.07) is 0. The van der Waals surface area contributed by atoms with Crippen LogP contribution in [0.3, 0.4) is 0 Å². The minimum Gasteiger partial charge on any atom is -0.330 e. The topological polar surface area (TPSA) is 29.3 Å². The molecule has 0 fully saturated rings. The molecule has 0 bridgehead atoms. The van der Waals surface area contributed by atoms with Gasteiger partial charge in [-0.05, 0) is 39.5 Å². The highest BCUT2D eigenvalue weighted by atomic mass is 15.1. The molecule has 29 heavy (non-hydrogen) atoms. The van der Waals surface area contributed by atoms with E-state index in [1.807, 2.05) is 0 Å². The Bertz CT molecular complexity index is 280. The van der Waals surface area contributed by atoms with Crippen molar-refractivity contribution in [2.75, 3.05) is 26.7 Å². The normalized spacial score (nSPS) is 11.6. The molecule has 0 unspecified atom stereocenters. The van der Waals surface area contributed by atoms with E-state index in [4.69, 9.17) is 5.73 Å². The molecule has 0 atom stereocenters. The van der Waals surface area contributed by atoms with Gasteiger partial charge in [0.2, 0.25) is 0 Å². The first-order valence-electron chi connectivity index (χ1n) is 13.7. The SMILES string of the molecule is CCCCCCCCCCCCCCCCCCCCCCCN(C)CCCN. The number of unbranched alkanes of at least 4 members (excludes halogenated alkanes) is 20. The lowest BCUT2D eigenvalue weighted by Gasteiger charge is -2.15. The van der Waals surface area contributed by atoms with Crippen LogP contribution in [-0.4, -0.2) is 31.6 Å². The second kappa shape index (κ2) is 26.0. The third-order valence-electron chi connectivity index (χ3n) is 6.39. The van der Waals surface area contributed by atoms with Crippen LogP contribution in [-0.2, 0) is 0 Å². The molecule has 0 aliphatic carbocycles. The minimum atomic E-state index is 0.823. The number of nitrogens with zero attached hydrogens (tertiary/aromatic N) is 1. The van der Waals surface area contributed by atoms with Gasteiger partial charge in [0.05, 0.1) is 0 Å². The Hall–Kier alpha value is -0.0800. The Labute approximate surface area is 185 Å². The van der Waals surface area contributed by atoms with Crippen molar-refractivity contribution in [1.82, 2.24) is 4.90 Å². The summed E-state index contributed by atoms with van der Waals surface area (Å²) in [6.45, 7) is 5.54. The van der Waals surface area contributed by atoms with Gasteiger partial charge in [0, 0.05) is 0 Å². The lowest BCUT2D eigenvalue weighted by molar-refractivity contribution is 0.321. The zero-order valence-electron chi connectivity index (χ0n) is 20.7. The van der Waals surface area contributed by atoms with Crippen molar-refractivity contribution in [1.29, 1.82) is 0 Å². The maximum absolute atomic E-state index is 5.56. The molecule has 0 saturated heterocycles. The van der Waals surface area contributed by atoms with E-state index in [2.05, 4.69) is 18.9 Å². The molecule has 2 nitrogen and oxygen atoms in total. The van der Waals surface area contributed by atoms with Gasteiger partial charge in [-0.1, -0.05) is 135 Å². The van der Waals surface area contributed by atoms with Crippen LogP contribution in [0, 0.1) is 0 Å². The first-order chi connectivity index (χ1) is 14.3. The van der Waals surface area contributed by atoms with E-state index in [1.165, 1.54) is 141 Å². The molecule has 2 N–H and O–H groups in total. The Morgan fingerprint density at radius 3 is 1.00 bits per heavy atom. The number of rotatable bonds is 25. The summed E-state index contributed by atoms with van der Waals surface area (Å²) in [7, 11) is 2.23. The summed E-state index contributed by atoms with van der Waals surface area (Å²) in [6.07, 6.45) is 31.7. The lowest BCUT2D eigenvalue weighted by Crippen LogP contribution is -2.22. The van der Waals surface area contributed by atoms with E-state index < -0.39 is 0 Å². The molecule has 2 heteroatoms. The molecule has 0 saturated carbocycles. The molecule has 0 radical (unpaired) electrons. The summed E-state index contributed by atoms with van der Waals surface area (Å²) in [5, 5.41) is 0. The summed E-state index contributed by atoms with van der Waals surface area (Å²) in [5.74, 6) is 0. The summed E-state index contributed by atoms with van der Waals surface area (Å²) in [4.78, 5) is 2.43. The standard InChI is InChI=1S/C27H58N2/c1-3-4-5-6-7-8-9-10-11-12-13-14-15-16-17-18-19-20-21-22-23-26-29(2)27-24-25-28/h3-28H2,1-2H3. The van der Waals surface area contributed by atoms with E-state index in [-0.39, 0.29) is 0 Å². The van der Waals surface area contributed by atoms with Crippen molar-refractivity contribution in [2.45, 2.75) is 148 Å². The molecule has 0 aliphatic heterocycles. The van der Waals surface area contributed by atoms with E-state index in [0.29, 0.717) is 0 Å². The van der Waals surface area contributed by atoms with Crippen molar-refractivity contribution in [2.24, 2.45) is 5.73 Å². The van der Waals surface area contributed by atoms with Crippen molar-refractivity contribution in [3.8, 4) is 0 Å². The van der Waals surface area contributed by atoms with Crippen LogP contribution >= 0.6 is 0 Å². The Morgan fingerprint density at radius 1 is 0.414 bits per heavy atom. The maximum Gasteiger partial charge on any atom is -0.000977 e. The fourth-order valence-electron chi connectivity index (χ4n) is 4.29. The van der Waals surface area contributed by atoms with Crippen LogP contribution in [0.15, 0.2) is 0 Å². The van der Waals surface area contributed by atoms with Crippen molar-refractivity contribution < 1.29 is 0 Å². The first kappa shape index (κ1) is 28.9. The third-order valence-corrected chi connectivity index (χ3v) is 6.39. The number of nitrogens with two attached hydrogens (primary N) is 1. The summed E-state index contributed by atoms with van der Waals surface area (Å²) in [5.41, 5.74) is 5.56. The van der Waals surface area contributed by atoms with Gasteiger partial charge in [-0.3, -0.25) is 0 Å². The zero-order chi connectivity index (χ0) is 21.3. The molecular formula is C27H58N2. The second-order valence-corrected chi connectivity index (χ2v) is 9.52. The molecule has 0 spiro atoms. The molecule has 0 aromatic rings. The van der Waals surface area contributed by atoms with Crippen molar-refractivity contribution in [3.63, 3.8) is 0 Å². The van der Waals surface area contributed by atoms with Gasteiger partial charge in [0.25, 0.3) is 0 Å². The molecule has 0 rings (SSSR count). The molecule has 176 valence electrons. The fraction of sp³-hybridized carbons (Fsp3) is 1.00. The molecule has 0 heterocycles. The Kier molecular flexibility index (Phi) is 25.9. The summed E-state index contributed by atoms with van der Waals surface area (Å²) < 4.78 is 0. The van der Waals surface area contributed by atoms with Crippen molar-refractivity contribution in [3.05, 3.63) is 0 Å². The molecule has 0 aliphatic rings. The maximum atomic E-state index is 5.56. The second-order valence-electron chi connectivity index (χ2n) is 9.52. The number of hydrogen-bond donors (Lipinski definition) is 1. The molecule has 0 aromatic heterocycles. The number of hydrogen-bond acceptors (Lipinski definition) is 2. The van der Waals surface area contributed by atoms with E-state index in [1.54, 1.807) is 0 Å². The van der Waals surface area contributed by atoms with E-state index in [0.717, 1.165) is 19.5 Å². The quantitative estimate of drug-likeness (QED) is 0.153. The third kappa shape index (κ3) is 25.9. The molecule has 0 aromatic carbocycles. The molecular weight excluding hydrogens is 352 g/mol. The van der Waals surface area contributed by atoms with Crippen LogP contribution in [0.5, 0.6) is 0 Å². The fourth-order valence-corrected chi connectivity index (χ4v) is 4.29. The highest BCUT2D eigenvalue weighted by molar-refractivity contribution is 4.54. The average molecular weight is 411 g/mol. The van der Waals surface area contributed by atoms with Gasteiger partial charge >= 0.3 is 0 Å². The van der Waals surface area contributed by atoms with Gasteiger partial charge in [-0.2, -0.15) is 0 Å². The predicted octanol–water partition coefficient (Wildman–Crippen LogP) is 8.48. The van der Waals surface area contributed by atoms with Gasteiger partial charge < -0.3 is 10.6 Å². The predicted molar refractivity (Wildman–Crippen MR) is 134 cm³/mol. The van der Waals surface area contributed by atoms with E-state index >= 15 is 0 Å². The van der Waals surface area contributed by atoms with Gasteiger partial charge in [0.1, 0.15) is 0 Å². The van der Waals surface area contributed by atoms with Crippen LogP contribution in [0.1, 0.15) is 148 Å². The van der Waals surface area contributed by atoms with Gasteiger partial charge in [-0.25, -0.2) is 0 Å².